The minimum atomic E-state index is -3.48. The van der Waals surface area contributed by atoms with Crippen LogP contribution in [0.2, 0.25) is 0 Å². The van der Waals surface area contributed by atoms with Gasteiger partial charge in [-0.2, -0.15) is 9.41 Å². The number of benzene rings is 2. The van der Waals surface area contributed by atoms with E-state index in [9.17, 15) is 12.8 Å². The van der Waals surface area contributed by atoms with Gasteiger partial charge in [0, 0.05) is 29.6 Å². The first kappa shape index (κ1) is 21.1. The molecule has 0 aliphatic rings. The van der Waals surface area contributed by atoms with Gasteiger partial charge in [0.25, 0.3) is 0 Å². The molecular formula is C20H21FN4O2S2. The maximum Gasteiger partial charge on any atom is 0.243 e. The van der Waals surface area contributed by atoms with Gasteiger partial charge in [-0.15, -0.1) is 11.3 Å². The predicted molar refractivity (Wildman–Crippen MR) is 115 cm³/mol. The second kappa shape index (κ2) is 9.25. The van der Waals surface area contributed by atoms with Gasteiger partial charge in [-0.25, -0.2) is 17.8 Å². The fourth-order valence-corrected chi connectivity index (χ4v) is 4.83. The van der Waals surface area contributed by atoms with E-state index in [1.54, 1.807) is 42.5 Å². The van der Waals surface area contributed by atoms with Crippen LogP contribution in [-0.4, -0.2) is 37.0 Å². The Labute approximate surface area is 173 Å². The summed E-state index contributed by atoms with van der Waals surface area (Å²) in [6.07, 6.45) is 1.39. The molecule has 29 heavy (non-hydrogen) atoms. The number of halogens is 1. The Balaban J connectivity index is 1.71. The van der Waals surface area contributed by atoms with Gasteiger partial charge < -0.3 is 0 Å². The zero-order valence-electron chi connectivity index (χ0n) is 16.0. The number of anilines is 1. The Kier molecular flexibility index (Phi) is 6.73. The summed E-state index contributed by atoms with van der Waals surface area (Å²) in [5.74, 6) is -0.349. The molecule has 1 aromatic heterocycles. The molecule has 152 valence electrons. The molecule has 0 fully saturated rings. The molecule has 0 atom stereocenters. The average Bonchev–Trinajstić information content (AvgIpc) is 3.19. The molecule has 2 aromatic carbocycles. The van der Waals surface area contributed by atoms with Crippen LogP contribution in [0.1, 0.15) is 19.4 Å². The van der Waals surface area contributed by atoms with Crippen LogP contribution in [0.3, 0.4) is 0 Å². The monoisotopic (exact) mass is 432 g/mol. The quantitative estimate of drug-likeness (QED) is 0.422. The molecule has 0 bridgehead atoms. The zero-order chi connectivity index (χ0) is 20.9. The molecular weight excluding hydrogens is 411 g/mol. The normalized spacial score (nSPS) is 12.0. The van der Waals surface area contributed by atoms with E-state index in [1.165, 1.54) is 27.9 Å². The maximum absolute atomic E-state index is 13.6. The van der Waals surface area contributed by atoms with Crippen LogP contribution in [0.4, 0.5) is 9.52 Å². The van der Waals surface area contributed by atoms with Crippen molar-refractivity contribution >= 4 is 32.7 Å². The Morgan fingerprint density at radius 1 is 1.14 bits per heavy atom. The highest BCUT2D eigenvalue weighted by Crippen LogP contribution is 2.26. The fraction of sp³-hybridized carbons (Fsp3) is 0.200. The van der Waals surface area contributed by atoms with Crippen molar-refractivity contribution in [2.75, 3.05) is 18.5 Å². The van der Waals surface area contributed by atoms with Crippen molar-refractivity contribution in [3.63, 3.8) is 0 Å². The number of rotatable bonds is 8. The Morgan fingerprint density at radius 2 is 1.83 bits per heavy atom. The first-order chi connectivity index (χ1) is 14.0. The molecule has 1 heterocycles. The van der Waals surface area contributed by atoms with Crippen molar-refractivity contribution in [3.8, 4) is 11.3 Å². The van der Waals surface area contributed by atoms with E-state index >= 15 is 0 Å². The molecule has 9 heteroatoms. The lowest BCUT2D eigenvalue weighted by molar-refractivity contribution is 0.445. The van der Waals surface area contributed by atoms with Gasteiger partial charge in [-0.1, -0.05) is 44.2 Å². The van der Waals surface area contributed by atoms with E-state index in [1.807, 2.05) is 19.2 Å². The van der Waals surface area contributed by atoms with Gasteiger partial charge >= 0.3 is 0 Å². The molecule has 0 radical (unpaired) electrons. The average molecular weight is 433 g/mol. The van der Waals surface area contributed by atoms with Crippen molar-refractivity contribution in [3.05, 3.63) is 65.3 Å². The molecule has 0 unspecified atom stereocenters. The molecule has 1 N–H and O–H groups in total. The molecule has 6 nitrogen and oxygen atoms in total. The molecule has 3 rings (SSSR count). The van der Waals surface area contributed by atoms with E-state index < -0.39 is 10.0 Å². The maximum atomic E-state index is 13.6. The Hall–Kier alpha value is -2.62. The van der Waals surface area contributed by atoms with Gasteiger partial charge in [0.15, 0.2) is 0 Å². The molecule has 0 aliphatic heterocycles. The number of nitrogens with one attached hydrogen (secondary N) is 1. The smallest absolute Gasteiger partial charge is 0.243 e. The topological polar surface area (TPSA) is 74.7 Å². The lowest BCUT2D eigenvalue weighted by Crippen LogP contribution is -2.30. The van der Waals surface area contributed by atoms with Crippen molar-refractivity contribution < 1.29 is 12.8 Å². The molecule has 0 amide bonds. The second-order valence-electron chi connectivity index (χ2n) is 6.04. The van der Waals surface area contributed by atoms with Crippen LogP contribution in [0.15, 0.2) is 63.9 Å². The third-order valence-electron chi connectivity index (χ3n) is 4.27. The summed E-state index contributed by atoms with van der Waals surface area (Å²) in [6, 6.07) is 13.0. The molecule has 0 saturated heterocycles. The van der Waals surface area contributed by atoms with Crippen LogP contribution in [0.5, 0.6) is 0 Å². The van der Waals surface area contributed by atoms with Crippen LogP contribution in [0, 0.1) is 5.82 Å². The summed E-state index contributed by atoms with van der Waals surface area (Å²) in [5, 5.41) is 6.40. The minimum absolute atomic E-state index is 0.257. The lowest BCUT2D eigenvalue weighted by Gasteiger charge is -2.18. The molecule has 0 aliphatic carbocycles. The summed E-state index contributed by atoms with van der Waals surface area (Å²) in [5.41, 5.74) is 4.66. The third kappa shape index (κ3) is 4.87. The number of hydrogen-bond acceptors (Lipinski definition) is 6. The van der Waals surface area contributed by atoms with Gasteiger partial charge in [0.05, 0.1) is 16.8 Å². The van der Waals surface area contributed by atoms with Gasteiger partial charge in [-0.05, 0) is 18.2 Å². The van der Waals surface area contributed by atoms with Gasteiger partial charge in [0.1, 0.15) is 5.82 Å². The number of nitrogens with zero attached hydrogens (tertiary/aromatic N) is 3. The van der Waals surface area contributed by atoms with Crippen LogP contribution in [-0.2, 0) is 10.0 Å². The summed E-state index contributed by atoms with van der Waals surface area (Å²) in [6.45, 7) is 4.48. The second-order valence-corrected chi connectivity index (χ2v) is 8.84. The number of hydrogen-bond donors (Lipinski definition) is 1. The van der Waals surface area contributed by atoms with Crippen molar-refractivity contribution in [2.24, 2.45) is 5.10 Å². The fourth-order valence-electron chi connectivity index (χ4n) is 2.70. The van der Waals surface area contributed by atoms with E-state index in [4.69, 9.17) is 0 Å². The molecule has 0 spiro atoms. The van der Waals surface area contributed by atoms with Crippen molar-refractivity contribution in [2.45, 2.75) is 18.7 Å². The predicted octanol–water partition coefficient (Wildman–Crippen LogP) is 4.43. The Morgan fingerprint density at radius 3 is 2.48 bits per heavy atom. The lowest BCUT2D eigenvalue weighted by atomic mass is 10.2. The van der Waals surface area contributed by atoms with E-state index in [0.717, 1.165) is 5.56 Å². The highest BCUT2D eigenvalue weighted by atomic mass is 32.2. The standard InChI is InChI=1S/C20H21FN4O2S2/c1-3-25(4-2)29(26,27)17-11-9-15(10-12-17)19-14-28-20(23-19)24-22-13-16-7-5-6-8-18(16)21/h5-14H,3-4H2,1-2H3,(H,23,24)/b22-13+. The highest BCUT2D eigenvalue weighted by molar-refractivity contribution is 7.89. The largest absolute Gasteiger partial charge is 0.253 e. The zero-order valence-corrected chi connectivity index (χ0v) is 17.7. The first-order valence-electron chi connectivity index (χ1n) is 9.05. The number of thiazole rings is 1. The van der Waals surface area contributed by atoms with Crippen molar-refractivity contribution in [1.29, 1.82) is 0 Å². The van der Waals surface area contributed by atoms with E-state index in [0.29, 0.717) is 29.5 Å². The summed E-state index contributed by atoms with van der Waals surface area (Å²) in [7, 11) is -3.48. The van der Waals surface area contributed by atoms with Crippen molar-refractivity contribution in [1.82, 2.24) is 9.29 Å². The first-order valence-corrected chi connectivity index (χ1v) is 11.4. The van der Waals surface area contributed by atoms with Crippen LogP contribution in [0.25, 0.3) is 11.3 Å². The highest BCUT2D eigenvalue weighted by Gasteiger charge is 2.21. The Bertz CT molecular complexity index is 1090. The van der Waals surface area contributed by atoms with Crippen LogP contribution >= 0.6 is 11.3 Å². The SMILES string of the molecule is CCN(CC)S(=O)(=O)c1ccc(-c2csc(N/N=C/c3ccccc3F)n2)cc1. The van der Waals surface area contributed by atoms with E-state index in [2.05, 4.69) is 15.5 Å². The number of sulfonamides is 1. The van der Waals surface area contributed by atoms with Crippen LogP contribution < -0.4 is 5.43 Å². The minimum Gasteiger partial charge on any atom is -0.253 e. The van der Waals surface area contributed by atoms with E-state index in [-0.39, 0.29) is 10.7 Å². The summed E-state index contributed by atoms with van der Waals surface area (Å²) in [4.78, 5) is 4.69. The van der Waals surface area contributed by atoms with Gasteiger partial charge in [0.2, 0.25) is 15.2 Å². The number of aromatic nitrogens is 1. The summed E-state index contributed by atoms with van der Waals surface area (Å²) < 4.78 is 40.1. The third-order valence-corrected chi connectivity index (χ3v) is 7.08. The summed E-state index contributed by atoms with van der Waals surface area (Å²) >= 11 is 1.35. The number of hydrazone groups is 1. The molecule has 0 saturated carbocycles. The molecule has 3 aromatic rings. The van der Waals surface area contributed by atoms with Gasteiger partial charge in [-0.3, -0.25) is 5.43 Å².